The van der Waals surface area contributed by atoms with E-state index < -0.39 is 16.1 Å². The van der Waals surface area contributed by atoms with Crippen molar-refractivity contribution < 1.29 is 18.3 Å². The van der Waals surface area contributed by atoms with E-state index in [9.17, 15) is 13.5 Å². The van der Waals surface area contributed by atoms with Gasteiger partial charge in [0.15, 0.2) is 0 Å². The molecule has 0 bridgehead atoms. The third kappa shape index (κ3) is 6.11. The Morgan fingerprint density at radius 1 is 1.33 bits per heavy atom. The minimum atomic E-state index is -3.36. The van der Waals surface area contributed by atoms with Crippen LogP contribution in [0.3, 0.4) is 0 Å². The van der Waals surface area contributed by atoms with Gasteiger partial charge in [-0.2, -0.15) is 0 Å². The van der Waals surface area contributed by atoms with Crippen LogP contribution in [0, 0.1) is 0 Å². The lowest BCUT2D eigenvalue weighted by molar-refractivity contribution is 0.0679. The molecule has 1 unspecified atom stereocenters. The molecule has 0 aromatic heterocycles. The monoisotopic (exact) mass is 273 g/mol. The summed E-state index contributed by atoms with van der Waals surface area (Å²) in [5.41, 5.74) is 0.973. The van der Waals surface area contributed by atoms with Gasteiger partial charge in [0.1, 0.15) is 0 Å². The molecule has 0 saturated heterocycles. The number of benzene rings is 1. The average molecular weight is 273 g/mol. The summed E-state index contributed by atoms with van der Waals surface area (Å²) < 4.78 is 30.4. The number of rotatable bonds is 8. The van der Waals surface area contributed by atoms with E-state index in [2.05, 4.69) is 4.72 Å². The summed E-state index contributed by atoms with van der Waals surface area (Å²) >= 11 is 0. The van der Waals surface area contributed by atoms with Crippen LogP contribution >= 0.6 is 0 Å². The van der Waals surface area contributed by atoms with E-state index in [-0.39, 0.29) is 18.9 Å². The van der Waals surface area contributed by atoms with Crippen LogP contribution in [0.15, 0.2) is 30.3 Å². The lowest BCUT2D eigenvalue weighted by Crippen LogP contribution is -2.36. The summed E-state index contributed by atoms with van der Waals surface area (Å²) in [6, 6.07) is 9.40. The predicted molar refractivity (Wildman–Crippen MR) is 69.8 cm³/mol. The molecule has 0 aliphatic rings. The first-order valence-corrected chi connectivity index (χ1v) is 7.37. The average Bonchev–Trinajstić information content (AvgIpc) is 2.36. The molecule has 18 heavy (non-hydrogen) atoms. The SMILES string of the molecule is COCC(O)CNS(=O)(=O)CCc1ccccc1. The van der Waals surface area contributed by atoms with Gasteiger partial charge in [-0.25, -0.2) is 13.1 Å². The summed E-state index contributed by atoms with van der Waals surface area (Å²) in [6.45, 7) is 0.0895. The van der Waals surface area contributed by atoms with Crippen molar-refractivity contribution in [3.8, 4) is 0 Å². The van der Waals surface area contributed by atoms with Crippen LogP contribution in [-0.4, -0.2) is 45.6 Å². The van der Waals surface area contributed by atoms with Gasteiger partial charge in [0.2, 0.25) is 10.0 Å². The number of methoxy groups -OCH3 is 1. The lowest BCUT2D eigenvalue weighted by Gasteiger charge is -2.11. The molecule has 0 spiro atoms. The van der Waals surface area contributed by atoms with Gasteiger partial charge in [-0.1, -0.05) is 30.3 Å². The first-order chi connectivity index (χ1) is 8.53. The Morgan fingerprint density at radius 3 is 2.61 bits per heavy atom. The molecular weight excluding hydrogens is 254 g/mol. The highest BCUT2D eigenvalue weighted by Gasteiger charge is 2.12. The van der Waals surface area contributed by atoms with E-state index in [0.29, 0.717) is 6.42 Å². The van der Waals surface area contributed by atoms with Gasteiger partial charge in [-0.15, -0.1) is 0 Å². The number of hydrogen-bond donors (Lipinski definition) is 2. The highest BCUT2D eigenvalue weighted by atomic mass is 32.2. The minimum Gasteiger partial charge on any atom is -0.389 e. The maximum absolute atomic E-state index is 11.6. The molecule has 1 atom stereocenters. The maximum Gasteiger partial charge on any atom is 0.212 e. The number of aliphatic hydroxyl groups is 1. The molecule has 0 aliphatic carbocycles. The fourth-order valence-electron chi connectivity index (χ4n) is 1.44. The molecular formula is C12H19NO4S. The summed E-state index contributed by atoms with van der Waals surface area (Å²) in [7, 11) is -1.91. The third-order valence-corrected chi connectivity index (χ3v) is 3.75. The lowest BCUT2D eigenvalue weighted by atomic mass is 10.2. The normalized spacial score (nSPS) is 13.4. The van der Waals surface area contributed by atoms with Crippen LogP contribution in [0.5, 0.6) is 0 Å². The number of nitrogens with one attached hydrogen (secondary N) is 1. The van der Waals surface area contributed by atoms with Gasteiger partial charge in [0.25, 0.3) is 0 Å². The molecule has 1 rings (SSSR count). The quantitative estimate of drug-likeness (QED) is 0.707. The second-order valence-electron chi connectivity index (χ2n) is 4.01. The molecule has 5 nitrogen and oxygen atoms in total. The van der Waals surface area contributed by atoms with Crippen LogP contribution in [-0.2, 0) is 21.2 Å². The first-order valence-electron chi connectivity index (χ1n) is 5.72. The van der Waals surface area contributed by atoms with Gasteiger partial charge in [-0.05, 0) is 12.0 Å². The zero-order valence-corrected chi connectivity index (χ0v) is 11.2. The largest absolute Gasteiger partial charge is 0.389 e. The number of aryl methyl sites for hydroxylation is 1. The minimum absolute atomic E-state index is 0.0106. The van der Waals surface area contributed by atoms with E-state index >= 15 is 0 Å². The Labute approximate surface area is 108 Å². The molecule has 0 amide bonds. The smallest absolute Gasteiger partial charge is 0.212 e. The van der Waals surface area contributed by atoms with Crippen LogP contribution in [0.2, 0.25) is 0 Å². The van der Waals surface area contributed by atoms with Crippen molar-refractivity contribution in [2.45, 2.75) is 12.5 Å². The van der Waals surface area contributed by atoms with Gasteiger partial charge in [-0.3, -0.25) is 0 Å². The summed E-state index contributed by atoms with van der Waals surface area (Å²) in [5, 5.41) is 9.35. The fraction of sp³-hybridized carbons (Fsp3) is 0.500. The maximum atomic E-state index is 11.6. The van der Waals surface area contributed by atoms with Crippen LogP contribution in [0.25, 0.3) is 0 Å². The summed E-state index contributed by atoms with van der Waals surface area (Å²) in [6.07, 6.45) is -0.363. The van der Waals surface area contributed by atoms with Crippen molar-refractivity contribution in [1.82, 2.24) is 4.72 Å². The zero-order chi connectivity index (χ0) is 13.4. The van der Waals surface area contributed by atoms with Gasteiger partial charge in [0, 0.05) is 13.7 Å². The van der Waals surface area contributed by atoms with E-state index in [1.807, 2.05) is 30.3 Å². The molecule has 1 aromatic carbocycles. The number of aliphatic hydroxyl groups excluding tert-OH is 1. The number of sulfonamides is 1. The third-order valence-electron chi connectivity index (χ3n) is 2.40. The van der Waals surface area contributed by atoms with E-state index in [1.165, 1.54) is 7.11 Å². The number of ether oxygens (including phenoxy) is 1. The van der Waals surface area contributed by atoms with Gasteiger partial charge >= 0.3 is 0 Å². The van der Waals surface area contributed by atoms with Crippen molar-refractivity contribution >= 4 is 10.0 Å². The van der Waals surface area contributed by atoms with Gasteiger partial charge < -0.3 is 9.84 Å². The Bertz CT molecular complexity index is 433. The predicted octanol–water partition coefficient (Wildman–Crippen LogP) is 0.156. The summed E-state index contributed by atoms with van der Waals surface area (Å²) in [5.74, 6) is 0.0106. The summed E-state index contributed by atoms with van der Waals surface area (Å²) in [4.78, 5) is 0. The topological polar surface area (TPSA) is 75.6 Å². The molecule has 0 fully saturated rings. The second kappa shape index (κ2) is 7.48. The van der Waals surface area contributed by atoms with Gasteiger partial charge in [0.05, 0.1) is 18.5 Å². The fourth-order valence-corrected chi connectivity index (χ4v) is 2.54. The van der Waals surface area contributed by atoms with Crippen LogP contribution in [0.1, 0.15) is 5.56 Å². The highest BCUT2D eigenvalue weighted by Crippen LogP contribution is 2.01. The van der Waals surface area contributed by atoms with Crippen molar-refractivity contribution in [2.24, 2.45) is 0 Å². The number of hydrogen-bond acceptors (Lipinski definition) is 4. The van der Waals surface area contributed by atoms with Crippen LogP contribution < -0.4 is 4.72 Å². The second-order valence-corrected chi connectivity index (χ2v) is 5.94. The standard InChI is InChI=1S/C12H19NO4S/c1-17-10-12(14)9-13-18(15,16)8-7-11-5-3-2-4-6-11/h2-6,12-14H,7-10H2,1H3. The van der Waals surface area contributed by atoms with Crippen molar-refractivity contribution in [3.05, 3.63) is 35.9 Å². The van der Waals surface area contributed by atoms with E-state index in [1.54, 1.807) is 0 Å². The highest BCUT2D eigenvalue weighted by molar-refractivity contribution is 7.89. The van der Waals surface area contributed by atoms with Crippen LogP contribution in [0.4, 0.5) is 0 Å². The van der Waals surface area contributed by atoms with Crippen molar-refractivity contribution in [2.75, 3.05) is 26.0 Å². The Balaban J connectivity index is 2.36. The Kier molecular flexibility index (Phi) is 6.28. The van der Waals surface area contributed by atoms with Crippen molar-refractivity contribution in [3.63, 3.8) is 0 Å². The molecule has 2 N–H and O–H groups in total. The molecule has 1 aromatic rings. The molecule has 102 valence electrons. The molecule has 6 heteroatoms. The Morgan fingerprint density at radius 2 is 2.00 bits per heavy atom. The Hall–Kier alpha value is -0.950. The van der Waals surface area contributed by atoms with E-state index in [4.69, 9.17) is 4.74 Å². The first kappa shape index (κ1) is 15.1. The molecule has 0 aliphatic heterocycles. The zero-order valence-electron chi connectivity index (χ0n) is 10.4. The molecule has 0 saturated carbocycles. The molecule has 0 radical (unpaired) electrons. The van der Waals surface area contributed by atoms with Crippen molar-refractivity contribution in [1.29, 1.82) is 0 Å². The van der Waals surface area contributed by atoms with E-state index in [0.717, 1.165) is 5.56 Å². The molecule has 0 heterocycles.